The highest BCUT2D eigenvalue weighted by Crippen LogP contribution is 2.19. The molecule has 0 atom stereocenters. The number of benzene rings is 1. The minimum Gasteiger partial charge on any atom is -0.314 e. The fraction of sp³-hybridized carbons (Fsp3) is 0.333. The van der Waals surface area contributed by atoms with E-state index in [4.69, 9.17) is 16.9 Å². The number of alkyl halides is 1. The van der Waals surface area contributed by atoms with E-state index in [0.29, 0.717) is 30.0 Å². The highest BCUT2D eigenvalue weighted by Gasteiger charge is 2.13. The Morgan fingerprint density at radius 2 is 2.19 bits per heavy atom. The Kier molecular flexibility index (Phi) is 4.81. The number of rotatable bonds is 4. The van der Waals surface area contributed by atoms with Crippen molar-refractivity contribution in [2.45, 2.75) is 12.8 Å². The lowest BCUT2D eigenvalue weighted by Crippen LogP contribution is -2.26. The quantitative estimate of drug-likeness (QED) is 0.754. The zero-order valence-corrected chi connectivity index (χ0v) is 9.87. The Labute approximate surface area is 100 Å². The molecule has 0 spiro atoms. The smallest absolute Gasteiger partial charge is 0.226 e. The second-order valence-electron chi connectivity index (χ2n) is 3.37. The van der Waals surface area contributed by atoms with E-state index in [0.717, 1.165) is 0 Å². The van der Waals surface area contributed by atoms with Crippen LogP contribution in [0.5, 0.6) is 0 Å². The van der Waals surface area contributed by atoms with Gasteiger partial charge in [-0.3, -0.25) is 4.79 Å². The van der Waals surface area contributed by atoms with Gasteiger partial charge in [0.15, 0.2) is 0 Å². The Morgan fingerprint density at radius 1 is 1.50 bits per heavy atom. The van der Waals surface area contributed by atoms with E-state index in [-0.39, 0.29) is 5.91 Å². The third-order valence-electron chi connectivity index (χ3n) is 2.28. The van der Waals surface area contributed by atoms with Gasteiger partial charge in [0.25, 0.3) is 0 Å². The van der Waals surface area contributed by atoms with E-state index >= 15 is 0 Å². The average Bonchev–Trinajstić information content (AvgIpc) is 2.34. The van der Waals surface area contributed by atoms with Gasteiger partial charge in [0.05, 0.1) is 11.3 Å². The lowest BCUT2D eigenvalue weighted by molar-refractivity contribution is -0.118. The van der Waals surface area contributed by atoms with Gasteiger partial charge < -0.3 is 4.90 Å². The lowest BCUT2D eigenvalue weighted by atomic mass is 10.1. The van der Waals surface area contributed by atoms with Crippen molar-refractivity contribution >= 4 is 23.2 Å². The third kappa shape index (κ3) is 2.98. The van der Waals surface area contributed by atoms with E-state index < -0.39 is 0 Å². The molecule has 1 aromatic carbocycles. The van der Waals surface area contributed by atoms with Crippen molar-refractivity contribution in [1.82, 2.24) is 0 Å². The number of hydrogen-bond acceptors (Lipinski definition) is 2. The molecule has 0 saturated carbocycles. The van der Waals surface area contributed by atoms with Gasteiger partial charge in [-0.2, -0.15) is 5.26 Å². The van der Waals surface area contributed by atoms with E-state index in [1.807, 2.05) is 6.07 Å². The van der Waals surface area contributed by atoms with E-state index in [1.165, 1.54) is 4.90 Å². The van der Waals surface area contributed by atoms with Crippen LogP contribution < -0.4 is 4.90 Å². The zero-order valence-electron chi connectivity index (χ0n) is 9.11. The first-order valence-electron chi connectivity index (χ1n) is 5.02. The molecule has 16 heavy (non-hydrogen) atoms. The standard InChI is InChI=1S/C12H13ClN2O/c1-15(12(16)7-4-8-13)11-6-3-2-5-10(11)9-14/h2-3,5-6H,4,7-8H2,1H3. The third-order valence-corrected chi connectivity index (χ3v) is 2.55. The number of hydrogen-bond donors (Lipinski definition) is 0. The predicted molar refractivity (Wildman–Crippen MR) is 64.5 cm³/mol. The summed E-state index contributed by atoms with van der Waals surface area (Å²) >= 11 is 5.53. The first kappa shape index (κ1) is 12.5. The molecule has 0 aliphatic carbocycles. The summed E-state index contributed by atoms with van der Waals surface area (Å²) < 4.78 is 0. The largest absolute Gasteiger partial charge is 0.314 e. The molecular formula is C12H13ClN2O. The van der Waals surface area contributed by atoms with Crippen molar-refractivity contribution in [3.63, 3.8) is 0 Å². The van der Waals surface area contributed by atoms with Crippen LogP contribution in [0, 0.1) is 11.3 Å². The van der Waals surface area contributed by atoms with Gasteiger partial charge in [-0.25, -0.2) is 0 Å². The summed E-state index contributed by atoms with van der Waals surface area (Å²) in [5.41, 5.74) is 1.15. The number of carbonyl (C=O) groups excluding carboxylic acids is 1. The van der Waals surface area contributed by atoms with Crippen LogP contribution in [-0.2, 0) is 4.79 Å². The number of nitrogens with zero attached hydrogens (tertiary/aromatic N) is 2. The number of halogens is 1. The maximum Gasteiger partial charge on any atom is 0.226 e. The van der Waals surface area contributed by atoms with Crippen LogP contribution in [0.25, 0.3) is 0 Å². The minimum absolute atomic E-state index is 0.0247. The topological polar surface area (TPSA) is 44.1 Å². The van der Waals surface area contributed by atoms with Gasteiger partial charge in [-0.15, -0.1) is 11.6 Å². The molecule has 0 bridgehead atoms. The molecule has 0 aromatic heterocycles. The van der Waals surface area contributed by atoms with Crippen molar-refractivity contribution in [3.05, 3.63) is 29.8 Å². The second kappa shape index (κ2) is 6.14. The molecule has 4 heteroatoms. The van der Waals surface area contributed by atoms with E-state index in [2.05, 4.69) is 6.07 Å². The molecule has 0 aliphatic heterocycles. The van der Waals surface area contributed by atoms with Gasteiger partial charge in [0, 0.05) is 19.3 Å². The van der Waals surface area contributed by atoms with Crippen LogP contribution in [0.15, 0.2) is 24.3 Å². The first-order chi connectivity index (χ1) is 7.70. The maximum absolute atomic E-state index is 11.7. The highest BCUT2D eigenvalue weighted by atomic mass is 35.5. The molecule has 0 heterocycles. The molecule has 84 valence electrons. The van der Waals surface area contributed by atoms with Gasteiger partial charge in [-0.05, 0) is 18.6 Å². The molecule has 0 radical (unpaired) electrons. The van der Waals surface area contributed by atoms with Gasteiger partial charge in [0.1, 0.15) is 6.07 Å². The van der Waals surface area contributed by atoms with Crippen molar-refractivity contribution in [2.24, 2.45) is 0 Å². The minimum atomic E-state index is -0.0247. The molecule has 3 nitrogen and oxygen atoms in total. The molecule has 0 fully saturated rings. The van der Waals surface area contributed by atoms with Crippen LogP contribution in [0.3, 0.4) is 0 Å². The van der Waals surface area contributed by atoms with Crippen molar-refractivity contribution < 1.29 is 4.79 Å². The summed E-state index contributed by atoms with van der Waals surface area (Å²) in [6.45, 7) is 0. The molecule has 0 saturated heterocycles. The van der Waals surface area contributed by atoms with E-state index in [9.17, 15) is 4.79 Å². The predicted octanol–water partition coefficient (Wildman–Crippen LogP) is 2.54. The molecule has 0 N–H and O–H groups in total. The number of carbonyl (C=O) groups is 1. The number of nitriles is 1. The summed E-state index contributed by atoms with van der Waals surface area (Å²) in [7, 11) is 1.67. The molecule has 1 rings (SSSR count). The summed E-state index contributed by atoms with van der Waals surface area (Å²) in [6, 6.07) is 9.11. The molecule has 0 unspecified atom stereocenters. The summed E-state index contributed by atoms with van der Waals surface area (Å²) in [5, 5.41) is 8.92. The Hall–Kier alpha value is -1.53. The van der Waals surface area contributed by atoms with E-state index in [1.54, 1.807) is 25.2 Å². The van der Waals surface area contributed by atoms with Gasteiger partial charge >= 0.3 is 0 Å². The first-order valence-corrected chi connectivity index (χ1v) is 5.55. The Morgan fingerprint density at radius 3 is 2.81 bits per heavy atom. The van der Waals surface area contributed by atoms with Crippen LogP contribution >= 0.6 is 11.6 Å². The van der Waals surface area contributed by atoms with Crippen LogP contribution in [0.4, 0.5) is 5.69 Å². The number of anilines is 1. The maximum atomic E-state index is 11.7. The fourth-order valence-electron chi connectivity index (χ4n) is 1.38. The number of amides is 1. The van der Waals surface area contributed by atoms with Crippen molar-refractivity contribution in [1.29, 1.82) is 5.26 Å². The molecule has 0 aliphatic rings. The summed E-state index contributed by atoms with van der Waals surface area (Å²) in [6.07, 6.45) is 1.05. The summed E-state index contributed by atoms with van der Waals surface area (Å²) in [4.78, 5) is 13.2. The average molecular weight is 237 g/mol. The molecule has 1 amide bonds. The van der Waals surface area contributed by atoms with Crippen LogP contribution in [0.1, 0.15) is 18.4 Å². The van der Waals surface area contributed by atoms with Gasteiger partial charge in [-0.1, -0.05) is 12.1 Å². The van der Waals surface area contributed by atoms with Crippen LogP contribution in [0.2, 0.25) is 0 Å². The number of para-hydroxylation sites is 1. The fourth-order valence-corrected chi connectivity index (χ4v) is 1.51. The monoisotopic (exact) mass is 236 g/mol. The highest BCUT2D eigenvalue weighted by molar-refractivity contribution is 6.18. The van der Waals surface area contributed by atoms with Gasteiger partial charge in [0.2, 0.25) is 5.91 Å². The molecule has 1 aromatic rings. The molecular weight excluding hydrogens is 224 g/mol. The normalized spacial score (nSPS) is 9.56. The van der Waals surface area contributed by atoms with Crippen molar-refractivity contribution in [2.75, 3.05) is 17.8 Å². The summed E-state index contributed by atoms with van der Waals surface area (Å²) in [5.74, 6) is 0.447. The van der Waals surface area contributed by atoms with Crippen LogP contribution in [-0.4, -0.2) is 18.8 Å². The Balaban J connectivity index is 2.84. The zero-order chi connectivity index (χ0) is 12.0. The lowest BCUT2D eigenvalue weighted by Gasteiger charge is -2.18. The Bertz CT molecular complexity index is 412. The SMILES string of the molecule is CN(C(=O)CCCCl)c1ccccc1C#N. The van der Waals surface area contributed by atoms with Crippen molar-refractivity contribution in [3.8, 4) is 6.07 Å². The second-order valence-corrected chi connectivity index (χ2v) is 3.75.